The van der Waals surface area contributed by atoms with E-state index in [9.17, 15) is 9.59 Å². The molecule has 29 heavy (non-hydrogen) atoms. The smallest absolute Gasteiger partial charge is 0.265 e. The topological polar surface area (TPSA) is 76.5 Å². The number of benzene rings is 2. The van der Waals surface area contributed by atoms with Crippen molar-refractivity contribution in [2.75, 3.05) is 24.6 Å². The molecule has 8 heteroatoms. The summed E-state index contributed by atoms with van der Waals surface area (Å²) in [5.74, 6) is 0.149. The Kier molecular flexibility index (Phi) is 5.62. The molecule has 0 aliphatic carbocycles. The van der Waals surface area contributed by atoms with E-state index in [1.54, 1.807) is 23.0 Å². The second-order valence-electron chi connectivity index (χ2n) is 6.60. The highest BCUT2D eigenvalue weighted by Crippen LogP contribution is 2.34. The predicted octanol–water partition coefficient (Wildman–Crippen LogP) is 2.72. The quantitative estimate of drug-likeness (QED) is 0.621. The fourth-order valence-corrected chi connectivity index (χ4v) is 3.47. The van der Waals surface area contributed by atoms with E-state index in [4.69, 9.17) is 4.74 Å². The fourth-order valence-electron chi connectivity index (χ4n) is 3.13. The first-order valence-corrected chi connectivity index (χ1v) is 9.98. The molecule has 1 N–H and O–H groups in total. The summed E-state index contributed by atoms with van der Waals surface area (Å²) < 4.78 is 8.09. The third-order valence-electron chi connectivity index (χ3n) is 4.61. The number of rotatable bonds is 6. The van der Waals surface area contributed by atoms with Crippen molar-refractivity contribution in [3.05, 3.63) is 71.0 Å². The van der Waals surface area contributed by atoms with Gasteiger partial charge in [-0.3, -0.25) is 14.5 Å². The van der Waals surface area contributed by atoms with E-state index in [1.807, 2.05) is 42.6 Å². The van der Waals surface area contributed by atoms with Gasteiger partial charge >= 0.3 is 0 Å². The molecule has 0 unspecified atom stereocenters. The number of carbonyl (C=O) groups excluding carboxylic acids is 2. The van der Waals surface area contributed by atoms with E-state index < -0.39 is 0 Å². The minimum Gasteiger partial charge on any atom is -0.482 e. The van der Waals surface area contributed by atoms with Crippen molar-refractivity contribution in [3.8, 4) is 11.4 Å². The lowest BCUT2D eigenvalue weighted by molar-refractivity contribution is -0.125. The first-order chi connectivity index (χ1) is 14.1. The van der Waals surface area contributed by atoms with Crippen LogP contribution < -0.4 is 15.0 Å². The second-order valence-corrected chi connectivity index (χ2v) is 7.51. The largest absolute Gasteiger partial charge is 0.482 e. The molecule has 0 saturated heterocycles. The maximum atomic E-state index is 12.4. The fraction of sp³-hybridized carbons (Fsp3) is 0.190. The van der Waals surface area contributed by atoms with Crippen LogP contribution in [0.1, 0.15) is 5.56 Å². The van der Waals surface area contributed by atoms with Gasteiger partial charge < -0.3 is 10.1 Å². The Morgan fingerprint density at radius 1 is 1.21 bits per heavy atom. The van der Waals surface area contributed by atoms with Crippen LogP contribution in [0.4, 0.5) is 5.69 Å². The molecule has 4 rings (SSSR count). The Hall–Kier alpha value is -3.13. The molecule has 7 nitrogen and oxygen atoms in total. The van der Waals surface area contributed by atoms with Crippen molar-refractivity contribution in [2.45, 2.75) is 6.42 Å². The van der Waals surface area contributed by atoms with E-state index in [2.05, 4.69) is 26.3 Å². The van der Waals surface area contributed by atoms with E-state index in [0.29, 0.717) is 24.4 Å². The van der Waals surface area contributed by atoms with Gasteiger partial charge in [-0.2, -0.15) is 5.10 Å². The number of anilines is 1. The highest BCUT2D eigenvalue weighted by Gasteiger charge is 2.27. The third kappa shape index (κ3) is 4.48. The van der Waals surface area contributed by atoms with Crippen LogP contribution in [0.3, 0.4) is 0 Å². The number of fused-ring (bicyclic) bond motifs is 1. The number of hydrogen-bond donors (Lipinski definition) is 1. The lowest BCUT2D eigenvalue weighted by Gasteiger charge is -2.29. The molecule has 3 aromatic rings. The molecule has 148 valence electrons. The summed E-state index contributed by atoms with van der Waals surface area (Å²) in [6.07, 6.45) is 4.32. The molecule has 0 saturated carbocycles. The van der Waals surface area contributed by atoms with Gasteiger partial charge in [-0.05, 0) is 48.4 Å². The van der Waals surface area contributed by atoms with Crippen molar-refractivity contribution in [1.29, 1.82) is 0 Å². The maximum absolute atomic E-state index is 12.4. The standard InChI is InChI=1S/C21H19BrN4O3/c22-16-4-7-18-19(12-16)29-14-21(28)25(18)13-20(27)23-10-8-15-2-5-17(6-3-15)26-11-1-9-24-26/h1-7,9,11-12H,8,10,13-14H2,(H,23,27). The lowest BCUT2D eigenvalue weighted by Crippen LogP contribution is -2.45. The molecular weight excluding hydrogens is 436 g/mol. The van der Waals surface area contributed by atoms with E-state index in [1.165, 1.54) is 4.90 Å². The van der Waals surface area contributed by atoms with Crippen LogP contribution in [0.25, 0.3) is 5.69 Å². The van der Waals surface area contributed by atoms with Gasteiger partial charge in [0.2, 0.25) is 5.91 Å². The van der Waals surface area contributed by atoms with Crippen LogP contribution >= 0.6 is 15.9 Å². The number of hydrogen-bond acceptors (Lipinski definition) is 4. The average molecular weight is 455 g/mol. The molecule has 1 aromatic heterocycles. The normalized spacial score (nSPS) is 13.0. The zero-order chi connectivity index (χ0) is 20.2. The summed E-state index contributed by atoms with van der Waals surface area (Å²) in [4.78, 5) is 26.0. The molecule has 1 aliphatic rings. The molecule has 0 radical (unpaired) electrons. The third-order valence-corrected chi connectivity index (χ3v) is 5.10. The maximum Gasteiger partial charge on any atom is 0.265 e. The van der Waals surface area contributed by atoms with Gasteiger partial charge in [0.1, 0.15) is 12.3 Å². The number of nitrogens with one attached hydrogen (secondary N) is 1. The number of nitrogens with zero attached hydrogens (tertiary/aromatic N) is 3. The zero-order valence-electron chi connectivity index (χ0n) is 15.5. The molecule has 0 bridgehead atoms. The zero-order valence-corrected chi connectivity index (χ0v) is 17.1. The molecule has 2 amide bonds. The summed E-state index contributed by atoms with van der Waals surface area (Å²) >= 11 is 3.38. The summed E-state index contributed by atoms with van der Waals surface area (Å²) in [5, 5.41) is 7.08. The van der Waals surface area contributed by atoms with Crippen molar-refractivity contribution >= 4 is 33.4 Å². The van der Waals surface area contributed by atoms with E-state index >= 15 is 0 Å². The highest BCUT2D eigenvalue weighted by atomic mass is 79.9. The number of halogens is 1. The predicted molar refractivity (Wildman–Crippen MR) is 112 cm³/mol. The van der Waals surface area contributed by atoms with E-state index in [0.717, 1.165) is 15.7 Å². The Morgan fingerprint density at radius 2 is 2.03 bits per heavy atom. The van der Waals surface area contributed by atoms with Crippen LogP contribution in [0, 0.1) is 0 Å². The number of amides is 2. The van der Waals surface area contributed by atoms with Crippen LogP contribution in [0.2, 0.25) is 0 Å². The lowest BCUT2D eigenvalue weighted by atomic mass is 10.1. The van der Waals surface area contributed by atoms with Crippen molar-refractivity contribution in [2.24, 2.45) is 0 Å². The minimum absolute atomic E-state index is 0.0327. The first-order valence-electron chi connectivity index (χ1n) is 9.18. The van der Waals surface area contributed by atoms with E-state index in [-0.39, 0.29) is 25.0 Å². The SMILES string of the molecule is O=C(CN1C(=O)COc2cc(Br)ccc21)NCCc1ccc(-n2cccn2)cc1. The number of aromatic nitrogens is 2. The number of ether oxygens (including phenoxy) is 1. The Labute approximate surface area is 176 Å². The Morgan fingerprint density at radius 3 is 2.79 bits per heavy atom. The first kappa shape index (κ1) is 19.2. The summed E-state index contributed by atoms with van der Waals surface area (Å²) in [6.45, 7) is 0.389. The van der Waals surface area contributed by atoms with Crippen LogP contribution in [-0.4, -0.2) is 41.3 Å². The summed E-state index contributed by atoms with van der Waals surface area (Å²) in [7, 11) is 0. The molecule has 0 atom stereocenters. The second kappa shape index (κ2) is 8.48. The van der Waals surface area contributed by atoms with Crippen LogP contribution in [0.15, 0.2) is 65.4 Å². The summed E-state index contributed by atoms with van der Waals surface area (Å²) in [5.41, 5.74) is 2.70. The molecular formula is C21H19BrN4O3. The summed E-state index contributed by atoms with van der Waals surface area (Å²) in [6, 6.07) is 15.3. The van der Waals surface area contributed by atoms with Crippen molar-refractivity contribution < 1.29 is 14.3 Å². The molecule has 2 aromatic carbocycles. The van der Waals surface area contributed by atoms with Crippen molar-refractivity contribution in [3.63, 3.8) is 0 Å². The van der Waals surface area contributed by atoms with Gasteiger partial charge in [0.05, 0.1) is 11.4 Å². The van der Waals surface area contributed by atoms with Gasteiger partial charge in [-0.1, -0.05) is 28.1 Å². The van der Waals surface area contributed by atoms with Gasteiger partial charge in [0, 0.05) is 23.4 Å². The molecule has 0 fully saturated rings. The van der Waals surface area contributed by atoms with Gasteiger partial charge in [0.15, 0.2) is 6.61 Å². The molecule has 0 spiro atoms. The monoisotopic (exact) mass is 454 g/mol. The van der Waals surface area contributed by atoms with Gasteiger partial charge in [0.25, 0.3) is 5.91 Å². The minimum atomic E-state index is -0.232. The molecule has 1 aliphatic heterocycles. The van der Waals surface area contributed by atoms with Crippen LogP contribution in [-0.2, 0) is 16.0 Å². The Bertz CT molecular complexity index is 1020. The van der Waals surface area contributed by atoms with Gasteiger partial charge in [-0.25, -0.2) is 4.68 Å². The van der Waals surface area contributed by atoms with Crippen LogP contribution in [0.5, 0.6) is 5.75 Å². The Balaban J connectivity index is 1.31. The van der Waals surface area contributed by atoms with Gasteiger partial charge in [-0.15, -0.1) is 0 Å². The van der Waals surface area contributed by atoms with Crippen molar-refractivity contribution in [1.82, 2.24) is 15.1 Å². The average Bonchev–Trinajstić information content (AvgIpc) is 3.25. The highest BCUT2D eigenvalue weighted by molar-refractivity contribution is 9.10. The molecule has 2 heterocycles. The number of carbonyl (C=O) groups is 2.